The predicted octanol–water partition coefficient (Wildman–Crippen LogP) is -0.574. The van der Waals surface area contributed by atoms with Crippen molar-refractivity contribution in [3.8, 4) is 0 Å². The van der Waals surface area contributed by atoms with Crippen LogP contribution in [0.3, 0.4) is 0 Å². The third kappa shape index (κ3) is 2.47. The minimum atomic E-state index is -0.357. The van der Waals surface area contributed by atoms with E-state index in [9.17, 15) is 4.79 Å². The van der Waals surface area contributed by atoms with Crippen LogP contribution in [0.2, 0.25) is 0 Å². The van der Waals surface area contributed by atoms with Gasteiger partial charge in [-0.2, -0.15) is 10.3 Å². The van der Waals surface area contributed by atoms with Gasteiger partial charge in [-0.1, -0.05) is 6.92 Å². The molecular weight excluding hydrogens is 222 g/mol. The van der Waals surface area contributed by atoms with Gasteiger partial charge < -0.3 is 5.32 Å². The normalized spacial score (nSPS) is 10.5. The molecule has 2 rings (SSSR count). The van der Waals surface area contributed by atoms with Crippen LogP contribution < -0.4 is 5.32 Å². The van der Waals surface area contributed by atoms with Crippen molar-refractivity contribution in [2.45, 2.75) is 19.9 Å². The van der Waals surface area contributed by atoms with Gasteiger partial charge in [0.1, 0.15) is 0 Å². The fraction of sp³-hybridized carbons (Fsp3) is 0.444. The second-order valence-corrected chi connectivity index (χ2v) is 3.55. The monoisotopic (exact) mass is 235 g/mol. The Labute approximate surface area is 97.4 Å². The summed E-state index contributed by atoms with van der Waals surface area (Å²) < 4.78 is 1.73. The van der Waals surface area contributed by atoms with Crippen molar-refractivity contribution in [2.24, 2.45) is 7.05 Å². The summed E-state index contributed by atoms with van der Waals surface area (Å²) in [4.78, 5) is 11.6. The van der Waals surface area contributed by atoms with Crippen LogP contribution in [-0.4, -0.2) is 36.3 Å². The van der Waals surface area contributed by atoms with E-state index in [0.29, 0.717) is 6.54 Å². The summed E-state index contributed by atoms with van der Waals surface area (Å²) in [6.45, 7) is 2.43. The molecule has 0 aliphatic rings. The lowest BCUT2D eigenvalue weighted by atomic mass is 10.2. The molecule has 17 heavy (non-hydrogen) atoms. The number of nitrogens with zero attached hydrogens (tertiary/aromatic N) is 5. The fourth-order valence-electron chi connectivity index (χ4n) is 1.54. The average molecular weight is 235 g/mol. The lowest BCUT2D eigenvalue weighted by molar-refractivity contribution is 0.0940. The molecule has 8 heteroatoms. The van der Waals surface area contributed by atoms with Gasteiger partial charge in [0.15, 0.2) is 0 Å². The Morgan fingerprint density at radius 2 is 2.41 bits per heavy atom. The summed E-state index contributed by atoms with van der Waals surface area (Å²) in [6.07, 6.45) is 2.71. The van der Waals surface area contributed by atoms with E-state index in [1.165, 1.54) is 0 Å². The van der Waals surface area contributed by atoms with E-state index in [-0.39, 0.29) is 11.7 Å². The molecule has 2 aromatic heterocycles. The third-order valence-corrected chi connectivity index (χ3v) is 2.31. The van der Waals surface area contributed by atoms with Gasteiger partial charge in [-0.25, -0.2) is 0 Å². The molecule has 0 fully saturated rings. The highest BCUT2D eigenvalue weighted by Crippen LogP contribution is 2.06. The Kier molecular flexibility index (Phi) is 3.12. The summed E-state index contributed by atoms with van der Waals surface area (Å²) in [7, 11) is 1.85. The number of aryl methyl sites for hydroxylation is 2. The standard InChI is InChI=1S/C9H13N7O/c1-3-7-6(5-16(2)13-7)4-10-9(17)8-11-14-15-12-8/h5H,3-4H2,1-2H3,(H,10,17)(H,11,12,14,15). The zero-order valence-corrected chi connectivity index (χ0v) is 9.64. The molecule has 2 aromatic rings. The maximum absolute atomic E-state index is 11.6. The molecule has 0 radical (unpaired) electrons. The van der Waals surface area contributed by atoms with Crippen molar-refractivity contribution in [2.75, 3.05) is 0 Å². The molecule has 8 nitrogen and oxygen atoms in total. The maximum Gasteiger partial charge on any atom is 0.293 e. The summed E-state index contributed by atoms with van der Waals surface area (Å²) in [6, 6.07) is 0. The lowest BCUT2D eigenvalue weighted by Crippen LogP contribution is -2.24. The predicted molar refractivity (Wildman–Crippen MR) is 57.9 cm³/mol. The van der Waals surface area contributed by atoms with Crippen molar-refractivity contribution < 1.29 is 4.79 Å². The van der Waals surface area contributed by atoms with Crippen LogP contribution in [0.4, 0.5) is 0 Å². The molecule has 0 aromatic carbocycles. The Hall–Kier alpha value is -2.25. The van der Waals surface area contributed by atoms with E-state index in [4.69, 9.17) is 0 Å². The smallest absolute Gasteiger partial charge is 0.293 e. The number of carbonyl (C=O) groups excluding carboxylic acids is 1. The molecule has 0 atom stereocenters. The Balaban J connectivity index is 2.00. The van der Waals surface area contributed by atoms with Crippen molar-refractivity contribution in [3.63, 3.8) is 0 Å². The first-order valence-corrected chi connectivity index (χ1v) is 5.23. The number of amides is 1. The summed E-state index contributed by atoms with van der Waals surface area (Å²) >= 11 is 0. The van der Waals surface area contributed by atoms with Crippen molar-refractivity contribution in [1.82, 2.24) is 35.7 Å². The molecule has 0 bridgehead atoms. The van der Waals surface area contributed by atoms with Gasteiger partial charge in [-0.3, -0.25) is 9.48 Å². The number of aromatic nitrogens is 6. The van der Waals surface area contributed by atoms with Crippen molar-refractivity contribution >= 4 is 5.91 Å². The topological polar surface area (TPSA) is 101 Å². The molecule has 1 amide bonds. The second-order valence-electron chi connectivity index (χ2n) is 3.55. The number of carbonyl (C=O) groups is 1. The van der Waals surface area contributed by atoms with E-state index >= 15 is 0 Å². The summed E-state index contributed by atoms with van der Waals surface area (Å²) in [5.41, 5.74) is 1.97. The number of nitrogens with one attached hydrogen (secondary N) is 2. The average Bonchev–Trinajstić information content (AvgIpc) is 2.94. The maximum atomic E-state index is 11.6. The van der Waals surface area contributed by atoms with Crippen LogP contribution in [0.5, 0.6) is 0 Å². The Bertz CT molecular complexity index is 501. The van der Waals surface area contributed by atoms with Crippen LogP contribution >= 0.6 is 0 Å². The molecule has 0 aliphatic heterocycles. The molecular formula is C9H13N7O. The second kappa shape index (κ2) is 4.73. The molecule has 0 saturated heterocycles. The van der Waals surface area contributed by atoms with Gasteiger partial charge in [0.2, 0.25) is 0 Å². The molecule has 0 spiro atoms. The van der Waals surface area contributed by atoms with Crippen LogP contribution in [0.25, 0.3) is 0 Å². The number of aromatic amines is 1. The largest absolute Gasteiger partial charge is 0.345 e. The van der Waals surface area contributed by atoms with Crippen molar-refractivity contribution in [1.29, 1.82) is 0 Å². The first kappa shape index (κ1) is 11.2. The Morgan fingerprint density at radius 1 is 1.59 bits per heavy atom. The van der Waals surface area contributed by atoms with E-state index in [2.05, 4.69) is 31.0 Å². The van der Waals surface area contributed by atoms with E-state index < -0.39 is 0 Å². The number of hydrogen-bond donors (Lipinski definition) is 2. The zero-order chi connectivity index (χ0) is 12.3. The van der Waals surface area contributed by atoms with Crippen LogP contribution in [0, 0.1) is 0 Å². The minimum Gasteiger partial charge on any atom is -0.345 e. The van der Waals surface area contributed by atoms with Gasteiger partial charge in [-0.05, 0) is 11.6 Å². The van der Waals surface area contributed by atoms with Crippen LogP contribution in [0.15, 0.2) is 6.20 Å². The van der Waals surface area contributed by atoms with Gasteiger partial charge in [0, 0.05) is 25.4 Å². The van der Waals surface area contributed by atoms with E-state index in [1.54, 1.807) is 4.68 Å². The van der Waals surface area contributed by atoms with Crippen molar-refractivity contribution in [3.05, 3.63) is 23.3 Å². The third-order valence-electron chi connectivity index (χ3n) is 2.31. The lowest BCUT2D eigenvalue weighted by Gasteiger charge is -2.01. The Morgan fingerprint density at radius 3 is 3.06 bits per heavy atom. The molecule has 0 unspecified atom stereocenters. The van der Waals surface area contributed by atoms with Gasteiger partial charge in [0.05, 0.1) is 5.69 Å². The number of rotatable bonds is 4. The minimum absolute atomic E-state index is 0.0342. The summed E-state index contributed by atoms with van der Waals surface area (Å²) in [5.74, 6) is -0.323. The van der Waals surface area contributed by atoms with Crippen LogP contribution in [-0.2, 0) is 20.0 Å². The SMILES string of the molecule is CCc1nn(C)cc1CNC(=O)c1nn[nH]n1. The quantitative estimate of drug-likeness (QED) is 0.738. The van der Waals surface area contributed by atoms with Gasteiger partial charge in [0.25, 0.3) is 11.7 Å². The summed E-state index contributed by atoms with van der Waals surface area (Å²) in [5, 5.41) is 19.7. The molecule has 0 aliphatic carbocycles. The first-order chi connectivity index (χ1) is 8.20. The van der Waals surface area contributed by atoms with E-state index in [1.807, 2.05) is 20.2 Å². The fourth-order valence-corrected chi connectivity index (χ4v) is 1.54. The number of hydrogen-bond acceptors (Lipinski definition) is 5. The molecule has 2 heterocycles. The highest BCUT2D eigenvalue weighted by molar-refractivity contribution is 5.89. The molecule has 0 saturated carbocycles. The molecule has 90 valence electrons. The van der Waals surface area contributed by atoms with E-state index in [0.717, 1.165) is 17.7 Å². The van der Waals surface area contributed by atoms with Gasteiger partial charge in [-0.15, -0.1) is 10.2 Å². The molecule has 2 N–H and O–H groups in total. The highest BCUT2D eigenvalue weighted by Gasteiger charge is 2.12. The number of H-pyrrole nitrogens is 1. The van der Waals surface area contributed by atoms with Gasteiger partial charge >= 0.3 is 0 Å². The number of tetrazole rings is 1. The zero-order valence-electron chi connectivity index (χ0n) is 9.64. The van der Waals surface area contributed by atoms with Crippen LogP contribution in [0.1, 0.15) is 28.8 Å². The highest BCUT2D eigenvalue weighted by atomic mass is 16.2. The first-order valence-electron chi connectivity index (χ1n) is 5.23.